The van der Waals surface area contributed by atoms with Crippen molar-refractivity contribution in [2.75, 3.05) is 5.32 Å². The summed E-state index contributed by atoms with van der Waals surface area (Å²) in [5, 5.41) is 13.4. The predicted octanol–water partition coefficient (Wildman–Crippen LogP) is 2.79. The van der Waals surface area contributed by atoms with Gasteiger partial charge in [-0.2, -0.15) is 0 Å². The van der Waals surface area contributed by atoms with Crippen molar-refractivity contribution >= 4 is 44.6 Å². The Labute approximate surface area is 105 Å². The van der Waals surface area contributed by atoms with E-state index in [1.807, 2.05) is 0 Å². The standard InChI is InChI=1S/C10H8BrN3O3/c1-5-2-10(15)13-7-3-6(11)9(14(16)17)4-8(7)12-5/h3-4H,2H2,1H3,(H,13,15). The molecule has 1 aliphatic rings. The normalized spacial score (nSPS) is 14.5. The van der Waals surface area contributed by atoms with E-state index < -0.39 is 4.92 Å². The highest BCUT2D eigenvalue weighted by atomic mass is 79.9. The van der Waals surface area contributed by atoms with Gasteiger partial charge in [0, 0.05) is 11.8 Å². The number of amides is 1. The van der Waals surface area contributed by atoms with Gasteiger partial charge in [-0.05, 0) is 28.9 Å². The number of hydrogen-bond donors (Lipinski definition) is 1. The summed E-state index contributed by atoms with van der Waals surface area (Å²) >= 11 is 3.10. The summed E-state index contributed by atoms with van der Waals surface area (Å²) in [6.07, 6.45) is 0.195. The molecule has 1 heterocycles. The summed E-state index contributed by atoms with van der Waals surface area (Å²) in [5.41, 5.74) is 1.43. The van der Waals surface area contributed by atoms with Crippen LogP contribution in [0.25, 0.3) is 0 Å². The zero-order chi connectivity index (χ0) is 12.6. The first-order valence-corrected chi connectivity index (χ1v) is 5.58. The number of anilines is 1. The maximum absolute atomic E-state index is 11.4. The fraction of sp³-hybridized carbons (Fsp3) is 0.200. The van der Waals surface area contributed by atoms with Crippen molar-refractivity contribution in [3.05, 3.63) is 26.7 Å². The van der Waals surface area contributed by atoms with Gasteiger partial charge in [0.05, 0.1) is 27.2 Å². The van der Waals surface area contributed by atoms with E-state index in [1.54, 1.807) is 6.92 Å². The van der Waals surface area contributed by atoms with Crippen molar-refractivity contribution in [1.82, 2.24) is 0 Å². The van der Waals surface area contributed by atoms with Crippen LogP contribution >= 0.6 is 15.9 Å². The average Bonchev–Trinajstić information content (AvgIpc) is 2.33. The fourth-order valence-corrected chi connectivity index (χ4v) is 2.04. The second-order valence-electron chi connectivity index (χ2n) is 3.65. The molecule has 0 saturated heterocycles. The Morgan fingerprint density at radius 2 is 2.24 bits per heavy atom. The third-order valence-electron chi connectivity index (χ3n) is 2.26. The molecule has 0 fully saturated rings. The summed E-state index contributed by atoms with van der Waals surface area (Å²) in [5.74, 6) is -0.175. The van der Waals surface area contributed by atoms with E-state index in [-0.39, 0.29) is 18.0 Å². The number of rotatable bonds is 1. The van der Waals surface area contributed by atoms with E-state index >= 15 is 0 Å². The van der Waals surface area contributed by atoms with Crippen LogP contribution in [0.2, 0.25) is 0 Å². The number of carbonyl (C=O) groups excluding carboxylic acids is 1. The number of benzene rings is 1. The van der Waals surface area contributed by atoms with Crippen molar-refractivity contribution in [1.29, 1.82) is 0 Å². The minimum atomic E-state index is -0.498. The Hall–Kier alpha value is -1.76. The fourth-order valence-electron chi connectivity index (χ4n) is 1.56. The van der Waals surface area contributed by atoms with Crippen LogP contribution in [-0.2, 0) is 4.79 Å². The maximum Gasteiger partial charge on any atom is 0.285 e. The Balaban J connectivity index is 2.61. The lowest BCUT2D eigenvalue weighted by molar-refractivity contribution is -0.385. The first-order valence-electron chi connectivity index (χ1n) is 4.79. The second kappa shape index (κ2) is 4.25. The minimum Gasteiger partial charge on any atom is -0.324 e. The number of nitrogens with zero attached hydrogens (tertiary/aromatic N) is 2. The van der Waals surface area contributed by atoms with Gasteiger partial charge >= 0.3 is 0 Å². The quantitative estimate of drug-likeness (QED) is 0.639. The predicted molar refractivity (Wildman–Crippen MR) is 66.8 cm³/mol. The number of halogens is 1. The lowest BCUT2D eigenvalue weighted by Gasteiger charge is -2.05. The second-order valence-corrected chi connectivity index (χ2v) is 4.50. The van der Waals surface area contributed by atoms with E-state index in [1.165, 1.54) is 12.1 Å². The SMILES string of the molecule is CC1=Nc2cc([N+](=O)[O-])c(Br)cc2NC(=O)C1. The van der Waals surface area contributed by atoms with Gasteiger partial charge in [-0.15, -0.1) is 0 Å². The molecule has 6 nitrogen and oxygen atoms in total. The molecule has 0 aromatic heterocycles. The number of nitro groups is 1. The molecule has 7 heteroatoms. The van der Waals surface area contributed by atoms with Gasteiger partial charge in [-0.3, -0.25) is 19.9 Å². The number of carbonyl (C=O) groups is 1. The monoisotopic (exact) mass is 297 g/mol. The lowest BCUT2D eigenvalue weighted by atomic mass is 10.2. The highest BCUT2D eigenvalue weighted by molar-refractivity contribution is 9.10. The molecule has 0 unspecified atom stereocenters. The molecule has 0 atom stereocenters. The van der Waals surface area contributed by atoms with Gasteiger partial charge in [0.1, 0.15) is 0 Å². The largest absolute Gasteiger partial charge is 0.324 e. The molecule has 1 aromatic carbocycles. The highest BCUT2D eigenvalue weighted by Crippen LogP contribution is 2.37. The van der Waals surface area contributed by atoms with Crippen LogP contribution in [0.3, 0.4) is 0 Å². The molecule has 88 valence electrons. The Morgan fingerprint density at radius 1 is 1.53 bits per heavy atom. The molecule has 0 bridgehead atoms. The Kier molecular flexibility index (Phi) is 2.93. The maximum atomic E-state index is 11.4. The summed E-state index contributed by atoms with van der Waals surface area (Å²) in [6.45, 7) is 1.71. The number of nitro benzene ring substituents is 1. The first-order chi connectivity index (χ1) is 7.97. The van der Waals surface area contributed by atoms with E-state index in [0.717, 1.165) is 0 Å². The van der Waals surface area contributed by atoms with Crippen molar-refractivity contribution in [3.8, 4) is 0 Å². The van der Waals surface area contributed by atoms with Crippen molar-refractivity contribution in [2.24, 2.45) is 4.99 Å². The van der Waals surface area contributed by atoms with E-state index in [0.29, 0.717) is 21.6 Å². The minimum absolute atomic E-state index is 0.0727. The summed E-state index contributed by atoms with van der Waals surface area (Å²) in [6, 6.07) is 2.84. The zero-order valence-electron chi connectivity index (χ0n) is 8.86. The molecular weight excluding hydrogens is 290 g/mol. The van der Waals surface area contributed by atoms with Crippen LogP contribution in [0.15, 0.2) is 21.6 Å². The molecule has 1 aromatic rings. The van der Waals surface area contributed by atoms with Crippen LogP contribution in [0.1, 0.15) is 13.3 Å². The summed E-state index contributed by atoms with van der Waals surface area (Å²) in [4.78, 5) is 25.9. The summed E-state index contributed by atoms with van der Waals surface area (Å²) in [7, 11) is 0. The topological polar surface area (TPSA) is 84.6 Å². The number of fused-ring (bicyclic) bond motifs is 1. The molecule has 1 amide bonds. The highest BCUT2D eigenvalue weighted by Gasteiger charge is 2.20. The van der Waals surface area contributed by atoms with Gasteiger partial charge in [-0.25, -0.2) is 0 Å². The molecule has 0 spiro atoms. The number of nitrogens with one attached hydrogen (secondary N) is 1. The number of aliphatic imine (C=N–C) groups is 1. The van der Waals surface area contributed by atoms with Crippen molar-refractivity contribution < 1.29 is 9.72 Å². The van der Waals surface area contributed by atoms with Gasteiger partial charge in [0.15, 0.2) is 0 Å². The van der Waals surface area contributed by atoms with Crippen molar-refractivity contribution in [2.45, 2.75) is 13.3 Å². The van der Waals surface area contributed by atoms with Crippen LogP contribution in [0.5, 0.6) is 0 Å². The van der Waals surface area contributed by atoms with Gasteiger partial charge in [0.25, 0.3) is 5.69 Å². The smallest absolute Gasteiger partial charge is 0.285 e. The zero-order valence-corrected chi connectivity index (χ0v) is 10.4. The van der Waals surface area contributed by atoms with Crippen LogP contribution in [0, 0.1) is 10.1 Å². The Bertz CT molecular complexity index is 554. The van der Waals surface area contributed by atoms with Crippen LogP contribution in [0.4, 0.5) is 17.1 Å². The van der Waals surface area contributed by atoms with E-state index in [9.17, 15) is 14.9 Å². The van der Waals surface area contributed by atoms with Gasteiger partial charge < -0.3 is 5.32 Å². The van der Waals surface area contributed by atoms with Gasteiger partial charge in [0.2, 0.25) is 5.91 Å². The molecular formula is C10H8BrN3O3. The Morgan fingerprint density at radius 3 is 2.88 bits per heavy atom. The molecule has 2 rings (SSSR count). The van der Waals surface area contributed by atoms with E-state index in [4.69, 9.17) is 0 Å². The van der Waals surface area contributed by atoms with Crippen LogP contribution in [-0.4, -0.2) is 16.5 Å². The molecule has 0 radical (unpaired) electrons. The van der Waals surface area contributed by atoms with Gasteiger partial charge in [-0.1, -0.05) is 0 Å². The molecule has 1 aliphatic heterocycles. The third kappa shape index (κ3) is 2.33. The average molecular weight is 298 g/mol. The molecule has 1 N–H and O–H groups in total. The van der Waals surface area contributed by atoms with Crippen molar-refractivity contribution in [3.63, 3.8) is 0 Å². The molecule has 0 aliphatic carbocycles. The molecule has 17 heavy (non-hydrogen) atoms. The van der Waals surface area contributed by atoms with E-state index in [2.05, 4.69) is 26.2 Å². The number of hydrogen-bond acceptors (Lipinski definition) is 4. The first kappa shape index (κ1) is 11.7. The summed E-state index contributed by atoms with van der Waals surface area (Å²) < 4.78 is 0.316. The third-order valence-corrected chi connectivity index (χ3v) is 2.90. The molecule has 0 saturated carbocycles. The lowest BCUT2D eigenvalue weighted by Crippen LogP contribution is -2.12. The van der Waals surface area contributed by atoms with Crippen LogP contribution < -0.4 is 5.32 Å².